The van der Waals surface area contributed by atoms with Crippen molar-refractivity contribution in [3.05, 3.63) is 34.9 Å². The molecule has 1 rings (SSSR count). The molecule has 1 atom stereocenters. The first-order valence-corrected chi connectivity index (χ1v) is 9.57. The molecular weight excluding hydrogens is 381 g/mol. The van der Waals surface area contributed by atoms with E-state index in [1.165, 1.54) is 0 Å². The number of allylic oxidation sites excluding steroid dienone is 5. The zero-order chi connectivity index (χ0) is 20.3. The Bertz CT molecular complexity index is 592. The molecule has 7 heteroatoms. The van der Waals surface area contributed by atoms with Crippen LogP contribution in [0.5, 0.6) is 0 Å². The van der Waals surface area contributed by atoms with E-state index in [1.54, 1.807) is 12.2 Å². The fourth-order valence-corrected chi connectivity index (χ4v) is 2.88. The van der Waals surface area contributed by atoms with E-state index in [0.29, 0.717) is 37.7 Å². The molecule has 27 heavy (non-hydrogen) atoms. The van der Waals surface area contributed by atoms with Crippen LogP contribution in [0.1, 0.15) is 64.7 Å². The standard InChI is InChI=1S/C20H26ClF3O3/c1-2-3-4-5-9-18(25)27-16(8-6-7-14-20(22,23)24)12-10-15-11-13-17(21)19(15)26/h2-3,10,13,16H,4-9,11-12,14H2,1H3/b3-2-,15-10+. The number of rotatable bonds is 11. The van der Waals surface area contributed by atoms with Crippen molar-refractivity contribution in [3.63, 3.8) is 0 Å². The molecule has 0 fully saturated rings. The summed E-state index contributed by atoms with van der Waals surface area (Å²) >= 11 is 5.76. The monoisotopic (exact) mass is 406 g/mol. The summed E-state index contributed by atoms with van der Waals surface area (Å²) in [6.45, 7) is 1.90. The molecule has 0 saturated carbocycles. The lowest BCUT2D eigenvalue weighted by molar-refractivity contribution is -0.150. The summed E-state index contributed by atoms with van der Waals surface area (Å²) in [6.07, 6.45) is 4.60. The first-order valence-electron chi connectivity index (χ1n) is 9.19. The molecule has 3 nitrogen and oxygen atoms in total. The average molecular weight is 407 g/mol. The number of ether oxygens (including phenoxy) is 1. The van der Waals surface area contributed by atoms with Crippen molar-refractivity contribution in [1.29, 1.82) is 0 Å². The van der Waals surface area contributed by atoms with Crippen LogP contribution in [0.25, 0.3) is 0 Å². The number of halogens is 4. The van der Waals surface area contributed by atoms with Crippen LogP contribution in [0.2, 0.25) is 0 Å². The van der Waals surface area contributed by atoms with Crippen molar-refractivity contribution < 1.29 is 27.5 Å². The Balaban J connectivity index is 2.53. The fourth-order valence-electron chi connectivity index (χ4n) is 2.69. The lowest BCUT2D eigenvalue weighted by Crippen LogP contribution is -2.18. The van der Waals surface area contributed by atoms with Crippen molar-refractivity contribution >= 4 is 23.4 Å². The predicted octanol–water partition coefficient (Wildman–Crippen LogP) is 6.18. The summed E-state index contributed by atoms with van der Waals surface area (Å²) in [5.74, 6) is -0.613. The van der Waals surface area contributed by atoms with E-state index < -0.39 is 18.7 Å². The third-order valence-electron chi connectivity index (χ3n) is 4.16. The molecule has 0 spiro atoms. The quantitative estimate of drug-likeness (QED) is 0.178. The molecule has 0 N–H and O–H groups in total. The first kappa shape index (κ1) is 23.5. The second-order valence-corrected chi connectivity index (χ2v) is 6.89. The van der Waals surface area contributed by atoms with Gasteiger partial charge in [0.05, 0.1) is 5.03 Å². The van der Waals surface area contributed by atoms with Crippen LogP contribution in [-0.4, -0.2) is 24.0 Å². The molecule has 0 radical (unpaired) electrons. The SMILES string of the molecule is C/C=C\CCCC(=O)OC(C/C=C1\CC=C(Cl)C1=O)CCCCC(F)(F)F. The number of carbonyl (C=O) groups excluding carboxylic acids is 2. The van der Waals surface area contributed by atoms with E-state index >= 15 is 0 Å². The smallest absolute Gasteiger partial charge is 0.389 e. The van der Waals surface area contributed by atoms with Crippen molar-refractivity contribution in [2.75, 3.05) is 0 Å². The van der Waals surface area contributed by atoms with Gasteiger partial charge in [0.25, 0.3) is 0 Å². The van der Waals surface area contributed by atoms with Crippen LogP contribution in [0.3, 0.4) is 0 Å². The normalized spacial score (nSPS) is 17.6. The fraction of sp³-hybridized carbons (Fsp3) is 0.600. The molecule has 1 aliphatic rings. The Hall–Kier alpha value is -1.56. The molecule has 1 unspecified atom stereocenters. The van der Waals surface area contributed by atoms with Gasteiger partial charge in [0, 0.05) is 24.8 Å². The summed E-state index contributed by atoms with van der Waals surface area (Å²) in [4.78, 5) is 23.8. The van der Waals surface area contributed by atoms with Gasteiger partial charge in [0.1, 0.15) is 6.10 Å². The Morgan fingerprint density at radius 3 is 2.67 bits per heavy atom. The van der Waals surface area contributed by atoms with Gasteiger partial charge >= 0.3 is 12.1 Å². The summed E-state index contributed by atoms with van der Waals surface area (Å²) in [5, 5.41) is 0.170. The van der Waals surface area contributed by atoms with Gasteiger partial charge < -0.3 is 4.74 Å². The van der Waals surface area contributed by atoms with E-state index in [4.69, 9.17) is 16.3 Å². The second-order valence-electron chi connectivity index (χ2n) is 6.48. The largest absolute Gasteiger partial charge is 0.462 e. The van der Waals surface area contributed by atoms with Gasteiger partial charge in [-0.15, -0.1) is 0 Å². The van der Waals surface area contributed by atoms with Crippen molar-refractivity contribution in [1.82, 2.24) is 0 Å². The van der Waals surface area contributed by atoms with Gasteiger partial charge in [-0.2, -0.15) is 13.2 Å². The van der Waals surface area contributed by atoms with Crippen LogP contribution < -0.4 is 0 Å². The Labute approximate surface area is 163 Å². The number of hydrogen-bond donors (Lipinski definition) is 0. The van der Waals surface area contributed by atoms with Crippen molar-refractivity contribution in [2.24, 2.45) is 0 Å². The summed E-state index contributed by atoms with van der Waals surface area (Å²) in [6, 6.07) is 0. The second kappa shape index (κ2) is 12.0. The highest BCUT2D eigenvalue weighted by Crippen LogP contribution is 2.26. The van der Waals surface area contributed by atoms with Crippen LogP contribution >= 0.6 is 11.6 Å². The van der Waals surface area contributed by atoms with Crippen molar-refractivity contribution in [3.8, 4) is 0 Å². The maximum Gasteiger partial charge on any atom is 0.389 e. The lowest BCUT2D eigenvalue weighted by Gasteiger charge is -2.17. The highest BCUT2D eigenvalue weighted by molar-refractivity contribution is 6.46. The van der Waals surface area contributed by atoms with E-state index in [0.717, 1.165) is 6.42 Å². The highest BCUT2D eigenvalue weighted by atomic mass is 35.5. The number of hydrogen-bond acceptors (Lipinski definition) is 3. The predicted molar refractivity (Wildman–Crippen MR) is 99.3 cm³/mol. The molecule has 0 saturated heterocycles. The zero-order valence-electron chi connectivity index (χ0n) is 15.5. The summed E-state index contributed by atoms with van der Waals surface area (Å²) in [5.41, 5.74) is 0.532. The molecule has 0 aromatic heterocycles. The van der Waals surface area contributed by atoms with Crippen LogP contribution in [0, 0.1) is 0 Å². The van der Waals surface area contributed by atoms with E-state index in [-0.39, 0.29) is 29.6 Å². The van der Waals surface area contributed by atoms with E-state index in [1.807, 2.05) is 19.1 Å². The van der Waals surface area contributed by atoms with Crippen LogP contribution in [0.4, 0.5) is 13.2 Å². The average Bonchev–Trinajstić information content (AvgIpc) is 2.91. The van der Waals surface area contributed by atoms with Crippen LogP contribution in [-0.2, 0) is 14.3 Å². The van der Waals surface area contributed by atoms with E-state index in [9.17, 15) is 22.8 Å². The summed E-state index contributed by atoms with van der Waals surface area (Å²) in [7, 11) is 0. The molecular formula is C20H26ClF3O3. The number of alkyl halides is 3. The van der Waals surface area contributed by atoms with Gasteiger partial charge in [0.2, 0.25) is 0 Å². The number of unbranched alkanes of at least 4 members (excludes halogenated alkanes) is 2. The molecule has 0 bridgehead atoms. The number of carbonyl (C=O) groups is 2. The maximum atomic E-state index is 12.3. The lowest BCUT2D eigenvalue weighted by atomic mass is 10.0. The summed E-state index contributed by atoms with van der Waals surface area (Å²) < 4.78 is 42.2. The van der Waals surface area contributed by atoms with Gasteiger partial charge in [-0.3, -0.25) is 9.59 Å². The maximum absolute atomic E-state index is 12.3. The van der Waals surface area contributed by atoms with Gasteiger partial charge in [-0.25, -0.2) is 0 Å². The molecule has 1 aliphatic carbocycles. The molecule has 0 aromatic carbocycles. The first-order chi connectivity index (χ1) is 12.7. The third-order valence-corrected chi connectivity index (χ3v) is 4.48. The number of esters is 1. The molecule has 0 amide bonds. The minimum atomic E-state index is -4.18. The molecule has 0 aliphatic heterocycles. The minimum absolute atomic E-state index is 0.0122. The number of ketones is 1. The van der Waals surface area contributed by atoms with Crippen LogP contribution in [0.15, 0.2) is 34.9 Å². The minimum Gasteiger partial charge on any atom is -0.462 e. The number of Topliss-reactive ketones (excluding diaryl/α,β-unsaturated/α-hetero) is 1. The Morgan fingerprint density at radius 2 is 2.07 bits per heavy atom. The molecule has 152 valence electrons. The third kappa shape index (κ3) is 10.4. The van der Waals surface area contributed by atoms with Gasteiger partial charge in [-0.1, -0.05) is 35.9 Å². The van der Waals surface area contributed by atoms with Gasteiger partial charge in [-0.05, 0) is 45.4 Å². The topological polar surface area (TPSA) is 43.4 Å². The Morgan fingerprint density at radius 1 is 1.33 bits per heavy atom. The van der Waals surface area contributed by atoms with Crippen molar-refractivity contribution in [2.45, 2.75) is 77.0 Å². The highest BCUT2D eigenvalue weighted by Gasteiger charge is 2.26. The molecule has 0 heterocycles. The Kier molecular flexibility index (Phi) is 10.4. The zero-order valence-corrected chi connectivity index (χ0v) is 16.2. The molecule has 0 aromatic rings. The van der Waals surface area contributed by atoms with Gasteiger partial charge in [0.15, 0.2) is 5.78 Å². The van der Waals surface area contributed by atoms with E-state index in [2.05, 4.69) is 0 Å².